The second-order valence-electron chi connectivity index (χ2n) is 5.21. The van der Waals surface area contributed by atoms with Crippen LogP contribution in [-0.2, 0) is 6.54 Å². The van der Waals surface area contributed by atoms with Gasteiger partial charge in [-0.2, -0.15) is 0 Å². The molecule has 0 heterocycles. The van der Waals surface area contributed by atoms with Crippen LogP contribution in [0.25, 0.3) is 0 Å². The summed E-state index contributed by atoms with van der Waals surface area (Å²) in [6.07, 6.45) is -0.678. The molecule has 0 fully saturated rings. The van der Waals surface area contributed by atoms with Crippen LogP contribution >= 0.6 is 0 Å². The number of aliphatic hydroxyl groups excluding tert-OH is 1. The summed E-state index contributed by atoms with van der Waals surface area (Å²) >= 11 is 0. The molecule has 18 heavy (non-hydrogen) atoms. The van der Waals surface area contributed by atoms with Gasteiger partial charge in [-0.15, -0.1) is 0 Å². The van der Waals surface area contributed by atoms with Crippen molar-refractivity contribution in [2.24, 2.45) is 0 Å². The molecular formula is C15H25NO2. The molecule has 1 aromatic rings. The first-order valence-electron chi connectivity index (χ1n) is 6.57. The molecule has 3 nitrogen and oxygen atoms in total. The third-order valence-corrected chi connectivity index (χ3v) is 2.91. The number of rotatable bonds is 6. The van der Waals surface area contributed by atoms with Crippen molar-refractivity contribution in [1.82, 2.24) is 5.32 Å². The first kappa shape index (κ1) is 15.0. The molecule has 0 saturated heterocycles. The van der Waals surface area contributed by atoms with E-state index in [1.807, 2.05) is 19.1 Å². The molecule has 2 atom stereocenters. The first-order valence-corrected chi connectivity index (χ1v) is 6.57. The number of nitrogens with one attached hydrogen (secondary N) is 1. The molecule has 0 aliphatic rings. The van der Waals surface area contributed by atoms with Crippen molar-refractivity contribution < 1.29 is 9.84 Å². The Hall–Kier alpha value is -1.06. The van der Waals surface area contributed by atoms with Crippen molar-refractivity contribution in [1.29, 1.82) is 0 Å². The van der Waals surface area contributed by atoms with E-state index in [1.165, 1.54) is 5.56 Å². The summed E-state index contributed by atoms with van der Waals surface area (Å²) in [7, 11) is 0. The molecule has 0 spiro atoms. The second kappa shape index (κ2) is 6.76. The molecule has 0 amide bonds. The van der Waals surface area contributed by atoms with E-state index in [9.17, 15) is 5.11 Å². The standard InChI is InChI=1S/C15H25NO2/c1-10(2)16-9-14-8-11(3)6-7-15(14)18-13(5)12(4)17/h6-8,10,12-13,16-17H,9H2,1-5H3. The topological polar surface area (TPSA) is 41.5 Å². The summed E-state index contributed by atoms with van der Waals surface area (Å²) in [6, 6.07) is 6.57. The number of hydrogen-bond donors (Lipinski definition) is 2. The Bertz CT molecular complexity index is 375. The molecule has 0 radical (unpaired) electrons. The van der Waals surface area contributed by atoms with Crippen LogP contribution in [0.5, 0.6) is 5.75 Å². The van der Waals surface area contributed by atoms with Gasteiger partial charge in [-0.1, -0.05) is 31.5 Å². The fraction of sp³-hybridized carbons (Fsp3) is 0.600. The van der Waals surface area contributed by atoms with E-state index in [1.54, 1.807) is 6.92 Å². The van der Waals surface area contributed by atoms with Crippen LogP contribution in [0.4, 0.5) is 0 Å². The summed E-state index contributed by atoms with van der Waals surface area (Å²) in [5, 5.41) is 12.9. The lowest BCUT2D eigenvalue weighted by atomic mass is 10.1. The Kier molecular flexibility index (Phi) is 5.63. The van der Waals surface area contributed by atoms with Gasteiger partial charge in [0.15, 0.2) is 0 Å². The third-order valence-electron chi connectivity index (χ3n) is 2.91. The lowest BCUT2D eigenvalue weighted by molar-refractivity contribution is 0.0597. The van der Waals surface area contributed by atoms with Gasteiger partial charge in [0.2, 0.25) is 0 Å². The van der Waals surface area contributed by atoms with Crippen LogP contribution in [-0.4, -0.2) is 23.4 Å². The largest absolute Gasteiger partial charge is 0.488 e. The van der Waals surface area contributed by atoms with Crippen LogP contribution in [0.1, 0.15) is 38.8 Å². The van der Waals surface area contributed by atoms with Gasteiger partial charge < -0.3 is 15.2 Å². The van der Waals surface area contributed by atoms with Crippen molar-refractivity contribution in [3.63, 3.8) is 0 Å². The highest BCUT2D eigenvalue weighted by atomic mass is 16.5. The maximum atomic E-state index is 9.51. The van der Waals surface area contributed by atoms with E-state index in [4.69, 9.17) is 4.74 Å². The molecule has 2 N–H and O–H groups in total. The Labute approximate surface area is 110 Å². The number of aryl methyl sites for hydroxylation is 1. The minimum absolute atomic E-state index is 0.203. The van der Waals surface area contributed by atoms with Crippen molar-refractivity contribution in [2.75, 3.05) is 0 Å². The molecule has 1 rings (SSSR count). The maximum Gasteiger partial charge on any atom is 0.124 e. The fourth-order valence-corrected chi connectivity index (χ4v) is 1.57. The van der Waals surface area contributed by atoms with Gasteiger partial charge in [0.25, 0.3) is 0 Å². The van der Waals surface area contributed by atoms with E-state index in [0.29, 0.717) is 6.04 Å². The van der Waals surface area contributed by atoms with Crippen molar-refractivity contribution >= 4 is 0 Å². The van der Waals surface area contributed by atoms with E-state index < -0.39 is 6.10 Å². The van der Waals surface area contributed by atoms with E-state index in [0.717, 1.165) is 17.9 Å². The quantitative estimate of drug-likeness (QED) is 0.816. The Morgan fingerprint density at radius 1 is 1.22 bits per heavy atom. The molecule has 1 aromatic carbocycles. The van der Waals surface area contributed by atoms with Gasteiger partial charge in [-0.05, 0) is 26.8 Å². The molecule has 0 aliphatic heterocycles. The fourth-order valence-electron chi connectivity index (χ4n) is 1.57. The van der Waals surface area contributed by atoms with Gasteiger partial charge >= 0.3 is 0 Å². The Morgan fingerprint density at radius 2 is 1.89 bits per heavy atom. The first-order chi connectivity index (χ1) is 8.40. The SMILES string of the molecule is Cc1ccc(OC(C)C(C)O)c(CNC(C)C)c1. The molecule has 0 saturated carbocycles. The van der Waals surface area contributed by atoms with Crippen molar-refractivity contribution in [3.8, 4) is 5.75 Å². The van der Waals surface area contributed by atoms with Crippen LogP contribution in [0.15, 0.2) is 18.2 Å². The smallest absolute Gasteiger partial charge is 0.124 e. The van der Waals surface area contributed by atoms with Gasteiger partial charge in [0.05, 0.1) is 6.10 Å². The predicted molar refractivity (Wildman–Crippen MR) is 74.9 cm³/mol. The monoisotopic (exact) mass is 251 g/mol. The zero-order chi connectivity index (χ0) is 13.7. The Morgan fingerprint density at radius 3 is 2.44 bits per heavy atom. The van der Waals surface area contributed by atoms with Gasteiger partial charge in [0, 0.05) is 18.2 Å². The average Bonchev–Trinajstić information content (AvgIpc) is 2.29. The van der Waals surface area contributed by atoms with Crippen LogP contribution in [0, 0.1) is 6.92 Å². The van der Waals surface area contributed by atoms with Crippen LogP contribution in [0.2, 0.25) is 0 Å². The molecule has 0 aliphatic carbocycles. The average molecular weight is 251 g/mol. The molecule has 0 aromatic heterocycles. The predicted octanol–water partition coefficient (Wildman–Crippen LogP) is 2.64. The minimum atomic E-state index is -0.475. The number of hydrogen-bond acceptors (Lipinski definition) is 3. The highest BCUT2D eigenvalue weighted by Gasteiger charge is 2.13. The highest BCUT2D eigenvalue weighted by Crippen LogP contribution is 2.22. The number of aliphatic hydroxyl groups is 1. The zero-order valence-electron chi connectivity index (χ0n) is 12.0. The van der Waals surface area contributed by atoms with E-state index >= 15 is 0 Å². The lowest BCUT2D eigenvalue weighted by Gasteiger charge is -2.20. The second-order valence-corrected chi connectivity index (χ2v) is 5.21. The number of benzene rings is 1. The van der Waals surface area contributed by atoms with Crippen molar-refractivity contribution in [2.45, 2.75) is 59.4 Å². The van der Waals surface area contributed by atoms with E-state index in [2.05, 4.69) is 32.2 Å². The zero-order valence-corrected chi connectivity index (χ0v) is 12.0. The minimum Gasteiger partial charge on any atom is -0.488 e. The van der Waals surface area contributed by atoms with Gasteiger partial charge in [-0.25, -0.2) is 0 Å². The molecule has 2 unspecified atom stereocenters. The maximum absolute atomic E-state index is 9.51. The third kappa shape index (κ3) is 4.67. The summed E-state index contributed by atoms with van der Waals surface area (Å²) in [5.74, 6) is 0.849. The Balaban J connectivity index is 2.82. The van der Waals surface area contributed by atoms with E-state index in [-0.39, 0.29) is 6.10 Å². The summed E-state index contributed by atoms with van der Waals surface area (Å²) < 4.78 is 5.80. The number of ether oxygens (including phenoxy) is 1. The molecule has 102 valence electrons. The van der Waals surface area contributed by atoms with Crippen LogP contribution in [0.3, 0.4) is 0 Å². The molecule has 3 heteroatoms. The normalized spacial score (nSPS) is 14.6. The highest BCUT2D eigenvalue weighted by molar-refractivity contribution is 5.37. The summed E-state index contributed by atoms with van der Waals surface area (Å²) in [5.41, 5.74) is 2.35. The van der Waals surface area contributed by atoms with Gasteiger partial charge in [0.1, 0.15) is 11.9 Å². The molecule has 0 bridgehead atoms. The lowest BCUT2D eigenvalue weighted by Crippen LogP contribution is -2.27. The van der Waals surface area contributed by atoms with Crippen LogP contribution < -0.4 is 10.1 Å². The van der Waals surface area contributed by atoms with Gasteiger partial charge in [-0.3, -0.25) is 0 Å². The summed E-state index contributed by atoms with van der Waals surface area (Å²) in [4.78, 5) is 0. The molecular weight excluding hydrogens is 226 g/mol. The summed E-state index contributed by atoms with van der Waals surface area (Å²) in [6.45, 7) is 10.7. The van der Waals surface area contributed by atoms with Crippen molar-refractivity contribution in [3.05, 3.63) is 29.3 Å².